The summed E-state index contributed by atoms with van der Waals surface area (Å²) in [7, 11) is 1.66. The minimum absolute atomic E-state index is 0.799. The minimum atomic E-state index is 0.799. The molecule has 0 unspecified atom stereocenters. The lowest BCUT2D eigenvalue weighted by atomic mass is 10.0. The van der Waals surface area contributed by atoms with Crippen LogP contribution in [0.25, 0.3) is 0 Å². The summed E-state index contributed by atoms with van der Waals surface area (Å²) in [5.41, 5.74) is 3.12. The Labute approximate surface area is 87.5 Å². The van der Waals surface area contributed by atoms with Crippen LogP contribution in [0.3, 0.4) is 0 Å². The molecule has 0 aromatic heterocycles. The van der Waals surface area contributed by atoms with Gasteiger partial charge in [-0.3, -0.25) is 0 Å². The van der Waals surface area contributed by atoms with Crippen LogP contribution in [0.15, 0.2) is 47.8 Å². The molecule has 0 aromatic carbocycles. The second kappa shape index (κ2) is 6.25. The highest BCUT2D eigenvalue weighted by atomic mass is 16.5. The van der Waals surface area contributed by atoms with Crippen LogP contribution in [-0.2, 0) is 4.74 Å². The van der Waals surface area contributed by atoms with Gasteiger partial charge in [-0.05, 0) is 31.9 Å². The first kappa shape index (κ1) is 12.8. The van der Waals surface area contributed by atoms with E-state index in [1.54, 1.807) is 7.11 Å². The Morgan fingerprint density at radius 2 is 1.93 bits per heavy atom. The maximum Gasteiger partial charge on any atom is 0.125 e. The van der Waals surface area contributed by atoms with Crippen molar-refractivity contribution >= 4 is 0 Å². The molecule has 0 spiro atoms. The van der Waals surface area contributed by atoms with Crippen LogP contribution in [0.1, 0.15) is 27.2 Å². The predicted molar refractivity (Wildman–Crippen MR) is 63.1 cm³/mol. The summed E-state index contributed by atoms with van der Waals surface area (Å²) >= 11 is 0. The SMILES string of the molecule is C=C(C)/C=C(\OC)C(=C)/C(=C\C)CC. The van der Waals surface area contributed by atoms with Crippen molar-refractivity contribution in [2.24, 2.45) is 0 Å². The Bertz CT molecular complexity index is 280. The summed E-state index contributed by atoms with van der Waals surface area (Å²) in [5, 5.41) is 0. The van der Waals surface area contributed by atoms with Crippen molar-refractivity contribution in [2.75, 3.05) is 7.11 Å². The number of methoxy groups -OCH3 is 1. The molecule has 14 heavy (non-hydrogen) atoms. The number of ether oxygens (including phenoxy) is 1. The Kier molecular flexibility index (Phi) is 5.70. The topological polar surface area (TPSA) is 9.23 Å². The third kappa shape index (κ3) is 3.65. The van der Waals surface area contributed by atoms with Gasteiger partial charge in [-0.15, -0.1) is 0 Å². The molecule has 0 aliphatic rings. The van der Waals surface area contributed by atoms with E-state index in [2.05, 4.69) is 26.2 Å². The zero-order chi connectivity index (χ0) is 11.1. The van der Waals surface area contributed by atoms with Crippen molar-refractivity contribution in [2.45, 2.75) is 27.2 Å². The first-order valence-corrected chi connectivity index (χ1v) is 4.82. The van der Waals surface area contributed by atoms with E-state index in [-0.39, 0.29) is 0 Å². The van der Waals surface area contributed by atoms with Crippen molar-refractivity contribution in [1.82, 2.24) is 0 Å². The van der Waals surface area contributed by atoms with E-state index in [1.807, 2.05) is 19.9 Å². The summed E-state index contributed by atoms with van der Waals surface area (Å²) in [6.45, 7) is 13.9. The highest BCUT2D eigenvalue weighted by Crippen LogP contribution is 2.21. The van der Waals surface area contributed by atoms with Gasteiger partial charge < -0.3 is 4.74 Å². The van der Waals surface area contributed by atoms with Crippen molar-refractivity contribution in [3.63, 3.8) is 0 Å². The Morgan fingerprint density at radius 3 is 2.21 bits per heavy atom. The Hall–Kier alpha value is -1.24. The van der Waals surface area contributed by atoms with E-state index < -0.39 is 0 Å². The molecule has 0 rings (SSSR count). The zero-order valence-corrected chi connectivity index (χ0v) is 9.68. The molecule has 0 aliphatic carbocycles. The van der Waals surface area contributed by atoms with Crippen LogP contribution in [0, 0.1) is 0 Å². The zero-order valence-electron chi connectivity index (χ0n) is 9.68. The summed E-state index contributed by atoms with van der Waals surface area (Å²) in [6.07, 6.45) is 4.93. The average molecular weight is 192 g/mol. The van der Waals surface area contributed by atoms with E-state index in [0.717, 1.165) is 23.3 Å². The van der Waals surface area contributed by atoms with E-state index in [4.69, 9.17) is 4.74 Å². The van der Waals surface area contributed by atoms with Gasteiger partial charge in [-0.25, -0.2) is 0 Å². The lowest BCUT2D eigenvalue weighted by Crippen LogP contribution is -1.95. The largest absolute Gasteiger partial charge is 0.496 e. The molecule has 0 fully saturated rings. The molecule has 1 nitrogen and oxygen atoms in total. The number of allylic oxidation sites excluding steroid dienone is 4. The summed E-state index contributed by atoms with van der Waals surface area (Å²) < 4.78 is 5.27. The third-order valence-electron chi connectivity index (χ3n) is 2.01. The molecule has 0 saturated carbocycles. The van der Waals surface area contributed by atoms with Gasteiger partial charge in [0.25, 0.3) is 0 Å². The van der Waals surface area contributed by atoms with E-state index in [1.165, 1.54) is 5.57 Å². The van der Waals surface area contributed by atoms with Crippen LogP contribution >= 0.6 is 0 Å². The van der Waals surface area contributed by atoms with Gasteiger partial charge in [-0.2, -0.15) is 0 Å². The average Bonchev–Trinajstić information content (AvgIpc) is 2.15. The van der Waals surface area contributed by atoms with E-state index in [0.29, 0.717) is 0 Å². The monoisotopic (exact) mass is 192 g/mol. The molecule has 0 heterocycles. The molecule has 0 radical (unpaired) electrons. The van der Waals surface area contributed by atoms with Crippen molar-refractivity contribution in [3.8, 4) is 0 Å². The lowest BCUT2D eigenvalue weighted by Gasteiger charge is -2.11. The van der Waals surface area contributed by atoms with Crippen molar-refractivity contribution < 1.29 is 4.74 Å². The van der Waals surface area contributed by atoms with Crippen molar-refractivity contribution in [3.05, 3.63) is 47.8 Å². The molecule has 0 saturated heterocycles. The van der Waals surface area contributed by atoms with E-state index >= 15 is 0 Å². The van der Waals surface area contributed by atoms with Crippen LogP contribution in [0.2, 0.25) is 0 Å². The Balaban J connectivity index is 4.89. The molecule has 0 amide bonds. The second-order valence-electron chi connectivity index (χ2n) is 3.21. The fourth-order valence-electron chi connectivity index (χ4n) is 1.24. The lowest BCUT2D eigenvalue weighted by molar-refractivity contribution is 0.301. The molecular formula is C13H20O. The summed E-state index contributed by atoms with van der Waals surface area (Å²) in [6, 6.07) is 0. The van der Waals surface area contributed by atoms with Crippen LogP contribution in [0.5, 0.6) is 0 Å². The summed E-state index contributed by atoms with van der Waals surface area (Å²) in [5.74, 6) is 0.799. The van der Waals surface area contributed by atoms with Gasteiger partial charge in [0.15, 0.2) is 0 Å². The standard InChI is InChI=1S/C13H20O/c1-7-12(8-2)11(5)13(14-6)9-10(3)4/h7,9H,3,5,8H2,1-2,4,6H3/b12-7-,13-9-. The molecular weight excluding hydrogens is 172 g/mol. The molecule has 0 aliphatic heterocycles. The van der Waals surface area contributed by atoms with Crippen LogP contribution in [0.4, 0.5) is 0 Å². The van der Waals surface area contributed by atoms with Gasteiger partial charge >= 0.3 is 0 Å². The quantitative estimate of drug-likeness (QED) is 0.472. The maximum atomic E-state index is 5.27. The second-order valence-corrected chi connectivity index (χ2v) is 3.21. The normalized spacial score (nSPS) is 12.6. The van der Waals surface area contributed by atoms with Gasteiger partial charge in [0.1, 0.15) is 5.76 Å². The number of hydrogen-bond acceptors (Lipinski definition) is 1. The summed E-state index contributed by atoms with van der Waals surface area (Å²) in [4.78, 5) is 0. The first-order valence-electron chi connectivity index (χ1n) is 4.82. The predicted octanol–water partition coefficient (Wildman–Crippen LogP) is 4.01. The van der Waals surface area contributed by atoms with Gasteiger partial charge in [-0.1, -0.05) is 31.7 Å². The maximum absolute atomic E-state index is 5.27. The van der Waals surface area contributed by atoms with Gasteiger partial charge in [0.05, 0.1) is 7.11 Å². The van der Waals surface area contributed by atoms with E-state index in [9.17, 15) is 0 Å². The van der Waals surface area contributed by atoms with Crippen molar-refractivity contribution in [1.29, 1.82) is 0 Å². The third-order valence-corrected chi connectivity index (χ3v) is 2.01. The van der Waals surface area contributed by atoms with Crippen LogP contribution < -0.4 is 0 Å². The smallest absolute Gasteiger partial charge is 0.125 e. The molecule has 0 atom stereocenters. The number of rotatable bonds is 5. The first-order chi connectivity index (χ1) is 6.56. The highest BCUT2D eigenvalue weighted by molar-refractivity contribution is 5.43. The van der Waals surface area contributed by atoms with Gasteiger partial charge in [0.2, 0.25) is 0 Å². The number of hydrogen-bond donors (Lipinski definition) is 0. The minimum Gasteiger partial charge on any atom is -0.496 e. The Morgan fingerprint density at radius 1 is 1.36 bits per heavy atom. The molecule has 1 heteroatoms. The molecule has 0 N–H and O–H groups in total. The van der Waals surface area contributed by atoms with Crippen LogP contribution in [-0.4, -0.2) is 7.11 Å². The molecule has 0 aromatic rings. The fraction of sp³-hybridized carbons (Fsp3) is 0.385. The molecule has 78 valence electrons. The molecule has 0 bridgehead atoms. The fourth-order valence-corrected chi connectivity index (χ4v) is 1.24. The van der Waals surface area contributed by atoms with Gasteiger partial charge in [0, 0.05) is 5.57 Å². The highest BCUT2D eigenvalue weighted by Gasteiger charge is 2.05.